The molecule has 6 nitrogen and oxygen atoms in total. The number of hydrogen-bond acceptors (Lipinski definition) is 3. The van der Waals surface area contributed by atoms with Gasteiger partial charge in [0.05, 0.1) is 0 Å². The first-order valence-corrected chi connectivity index (χ1v) is 6.98. The topological polar surface area (TPSA) is 87.7 Å². The van der Waals surface area contributed by atoms with Crippen LogP contribution in [0.2, 0.25) is 0 Å². The van der Waals surface area contributed by atoms with Crippen molar-refractivity contribution in [1.82, 2.24) is 10.6 Å². The Bertz CT molecular complexity index is 301. The van der Waals surface area contributed by atoms with E-state index >= 15 is 0 Å². The van der Waals surface area contributed by atoms with E-state index < -0.39 is 17.5 Å². The molecule has 0 heterocycles. The highest BCUT2D eigenvalue weighted by Crippen LogP contribution is 2.29. The summed E-state index contributed by atoms with van der Waals surface area (Å²) in [7, 11) is 0. The molecule has 1 rings (SSSR count). The molecule has 0 radical (unpaired) electrons. The number of hydrogen-bond donors (Lipinski definition) is 3. The number of aliphatic carboxylic acids is 1. The fourth-order valence-corrected chi connectivity index (χ4v) is 2.25. The number of rotatable bonds is 8. The van der Waals surface area contributed by atoms with Crippen molar-refractivity contribution < 1.29 is 19.4 Å². The first-order chi connectivity index (χ1) is 9.10. The lowest BCUT2D eigenvalue weighted by Gasteiger charge is -2.25. The molecule has 110 valence electrons. The van der Waals surface area contributed by atoms with Gasteiger partial charge in [-0.25, -0.2) is 9.59 Å². The van der Waals surface area contributed by atoms with Crippen LogP contribution in [0.3, 0.4) is 0 Å². The van der Waals surface area contributed by atoms with Crippen molar-refractivity contribution in [1.29, 1.82) is 0 Å². The summed E-state index contributed by atoms with van der Waals surface area (Å²) in [4.78, 5) is 22.9. The van der Waals surface area contributed by atoms with Crippen molar-refractivity contribution in [3.8, 4) is 0 Å². The van der Waals surface area contributed by atoms with Crippen LogP contribution in [-0.4, -0.2) is 42.4 Å². The van der Waals surface area contributed by atoms with Gasteiger partial charge in [-0.05, 0) is 25.7 Å². The third-order valence-corrected chi connectivity index (χ3v) is 3.32. The maximum atomic E-state index is 11.7. The molecule has 1 aliphatic carbocycles. The molecule has 0 bridgehead atoms. The van der Waals surface area contributed by atoms with E-state index in [1.165, 1.54) is 0 Å². The summed E-state index contributed by atoms with van der Waals surface area (Å²) < 4.78 is 5.29. The minimum atomic E-state index is -1.07. The predicted octanol–water partition coefficient (Wildman–Crippen LogP) is 1.50. The van der Waals surface area contributed by atoms with Gasteiger partial charge >= 0.3 is 12.0 Å². The number of nitrogens with one attached hydrogen (secondary N) is 2. The van der Waals surface area contributed by atoms with E-state index in [0.29, 0.717) is 26.0 Å². The maximum absolute atomic E-state index is 11.7. The Morgan fingerprint density at radius 3 is 2.53 bits per heavy atom. The molecule has 0 atom stereocenters. The summed E-state index contributed by atoms with van der Waals surface area (Å²) >= 11 is 0. The zero-order valence-corrected chi connectivity index (χ0v) is 11.5. The Morgan fingerprint density at radius 2 is 1.95 bits per heavy atom. The van der Waals surface area contributed by atoms with Gasteiger partial charge in [0.2, 0.25) is 0 Å². The van der Waals surface area contributed by atoms with Crippen LogP contribution in [0.5, 0.6) is 0 Å². The van der Waals surface area contributed by atoms with Gasteiger partial charge in [0.1, 0.15) is 5.54 Å². The number of carbonyl (C=O) groups excluding carboxylic acids is 1. The van der Waals surface area contributed by atoms with Crippen LogP contribution in [0, 0.1) is 0 Å². The van der Waals surface area contributed by atoms with Crippen molar-refractivity contribution in [3.63, 3.8) is 0 Å². The van der Waals surface area contributed by atoms with Crippen LogP contribution in [-0.2, 0) is 9.53 Å². The molecule has 3 N–H and O–H groups in total. The van der Waals surface area contributed by atoms with Crippen molar-refractivity contribution >= 4 is 12.0 Å². The summed E-state index contributed by atoms with van der Waals surface area (Å²) in [5.74, 6) is -0.938. The Labute approximate surface area is 113 Å². The van der Waals surface area contributed by atoms with E-state index in [9.17, 15) is 14.7 Å². The summed E-state index contributed by atoms with van der Waals surface area (Å²) in [6, 6.07) is -0.403. The number of carboxylic acids is 1. The van der Waals surface area contributed by atoms with E-state index in [1.807, 2.05) is 6.92 Å². The van der Waals surface area contributed by atoms with Gasteiger partial charge in [-0.1, -0.05) is 19.8 Å². The quantitative estimate of drug-likeness (QED) is 0.584. The molecule has 0 saturated heterocycles. The van der Waals surface area contributed by atoms with Crippen molar-refractivity contribution in [2.24, 2.45) is 0 Å². The highest BCUT2D eigenvalue weighted by atomic mass is 16.5. The van der Waals surface area contributed by atoms with Crippen LogP contribution < -0.4 is 10.6 Å². The summed E-state index contributed by atoms with van der Waals surface area (Å²) in [6.07, 6.45) is 4.42. The van der Waals surface area contributed by atoms with Gasteiger partial charge in [-0.15, -0.1) is 0 Å². The average Bonchev–Trinajstić information content (AvgIpc) is 2.83. The zero-order chi connectivity index (χ0) is 14.1. The van der Waals surface area contributed by atoms with Gasteiger partial charge in [0, 0.05) is 19.8 Å². The van der Waals surface area contributed by atoms with Gasteiger partial charge in [0.15, 0.2) is 0 Å². The Hall–Kier alpha value is -1.30. The number of ether oxygens (including phenoxy) is 1. The second-order valence-corrected chi connectivity index (χ2v) is 4.94. The summed E-state index contributed by atoms with van der Waals surface area (Å²) in [5.41, 5.74) is -1.07. The van der Waals surface area contributed by atoms with Crippen LogP contribution >= 0.6 is 0 Å². The molecule has 0 unspecified atom stereocenters. The van der Waals surface area contributed by atoms with Gasteiger partial charge in [0.25, 0.3) is 0 Å². The summed E-state index contributed by atoms with van der Waals surface area (Å²) in [5, 5.41) is 14.5. The van der Waals surface area contributed by atoms with Gasteiger partial charge in [-0.3, -0.25) is 0 Å². The van der Waals surface area contributed by atoms with Crippen molar-refractivity contribution in [2.75, 3.05) is 19.8 Å². The van der Waals surface area contributed by atoms with Crippen LogP contribution in [0.4, 0.5) is 4.79 Å². The molecule has 6 heteroatoms. The van der Waals surface area contributed by atoms with Gasteiger partial charge < -0.3 is 20.5 Å². The molecule has 19 heavy (non-hydrogen) atoms. The molecular weight excluding hydrogens is 248 g/mol. The fourth-order valence-electron chi connectivity index (χ4n) is 2.25. The Kier molecular flexibility index (Phi) is 6.62. The largest absolute Gasteiger partial charge is 0.480 e. The Balaban J connectivity index is 2.21. The molecule has 1 saturated carbocycles. The zero-order valence-electron chi connectivity index (χ0n) is 11.5. The molecule has 1 aliphatic rings. The number of carbonyl (C=O) groups is 2. The minimum Gasteiger partial charge on any atom is -0.480 e. The lowest BCUT2D eigenvalue weighted by Crippen LogP contribution is -2.55. The van der Waals surface area contributed by atoms with E-state index in [-0.39, 0.29) is 0 Å². The fraction of sp³-hybridized carbons (Fsp3) is 0.846. The highest BCUT2D eigenvalue weighted by molar-refractivity contribution is 5.86. The number of amides is 2. The lowest BCUT2D eigenvalue weighted by molar-refractivity contribution is -0.144. The molecule has 0 aromatic carbocycles. The first-order valence-electron chi connectivity index (χ1n) is 6.98. The molecule has 0 spiro atoms. The first kappa shape index (κ1) is 15.8. The third-order valence-electron chi connectivity index (χ3n) is 3.32. The Morgan fingerprint density at radius 1 is 1.26 bits per heavy atom. The molecule has 0 aromatic rings. The van der Waals surface area contributed by atoms with E-state index in [4.69, 9.17) is 4.74 Å². The molecule has 1 fully saturated rings. The average molecular weight is 272 g/mol. The maximum Gasteiger partial charge on any atom is 0.329 e. The van der Waals surface area contributed by atoms with E-state index in [1.54, 1.807) is 0 Å². The second-order valence-electron chi connectivity index (χ2n) is 4.94. The van der Waals surface area contributed by atoms with Crippen LogP contribution in [0.1, 0.15) is 45.4 Å². The van der Waals surface area contributed by atoms with E-state index in [2.05, 4.69) is 10.6 Å². The van der Waals surface area contributed by atoms with Crippen LogP contribution in [0.15, 0.2) is 0 Å². The molecular formula is C13H24N2O4. The lowest BCUT2D eigenvalue weighted by atomic mass is 9.98. The molecule has 2 amide bonds. The normalized spacial score (nSPS) is 17.1. The van der Waals surface area contributed by atoms with Gasteiger partial charge in [-0.2, -0.15) is 0 Å². The summed E-state index contributed by atoms with van der Waals surface area (Å²) in [6.45, 7) is 3.87. The standard InChI is InChI=1S/C13H24N2O4/c1-2-9-19-10-5-8-14-12(18)15-13(11(16)17)6-3-4-7-13/h2-10H2,1H3,(H,16,17)(H2,14,15,18). The smallest absolute Gasteiger partial charge is 0.329 e. The third kappa shape index (κ3) is 5.06. The molecule has 0 aromatic heterocycles. The monoisotopic (exact) mass is 272 g/mol. The highest BCUT2D eigenvalue weighted by Gasteiger charge is 2.42. The number of urea groups is 1. The van der Waals surface area contributed by atoms with Crippen molar-refractivity contribution in [3.05, 3.63) is 0 Å². The van der Waals surface area contributed by atoms with E-state index in [0.717, 1.165) is 32.3 Å². The minimum absolute atomic E-state index is 0.403. The number of carboxylic acid groups (broad SMARTS) is 1. The second kappa shape index (κ2) is 7.99. The molecule has 0 aliphatic heterocycles. The SMILES string of the molecule is CCCOCCCNC(=O)NC1(C(=O)O)CCCC1. The van der Waals surface area contributed by atoms with Crippen molar-refractivity contribution in [2.45, 2.75) is 51.0 Å². The van der Waals surface area contributed by atoms with Crippen LogP contribution in [0.25, 0.3) is 0 Å². The predicted molar refractivity (Wildman–Crippen MR) is 71.1 cm³/mol.